The monoisotopic (exact) mass is 345 g/mol. The van der Waals surface area contributed by atoms with E-state index in [4.69, 9.17) is 11.6 Å². The molecule has 1 atom stereocenters. The second kappa shape index (κ2) is 6.07. The van der Waals surface area contributed by atoms with Crippen LogP contribution >= 0.6 is 22.9 Å². The Hall–Kier alpha value is -1.69. The molecular weight excluding hydrogens is 330 g/mol. The predicted octanol–water partition coefficient (Wildman–Crippen LogP) is 3.98. The van der Waals surface area contributed by atoms with Crippen molar-refractivity contribution < 1.29 is 0 Å². The van der Waals surface area contributed by atoms with E-state index in [0.717, 1.165) is 13.0 Å². The summed E-state index contributed by atoms with van der Waals surface area (Å²) < 4.78 is 0. The Morgan fingerprint density at radius 3 is 3.13 bits per heavy atom. The fourth-order valence-electron chi connectivity index (χ4n) is 3.28. The molecule has 2 aromatic heterocycles. The van der Waals surface area contributed by atoms with Crippen LogP contribution in [0.25, 0.3) is 10.9 Å². The third kappa shape index (κ3) is 2.92. The number of nitrogens with one attached hydrogen (secondary N) is 1. The molecule has 0 spiro atoms. The van der Waals surface area contributed by atoms with Gasteiger partial charge in [-0.2, -0.15) is 11.3 Å². The Bertz CT molecular complexity index is 890. The van der Waals surface area contributed by atoms with E-state index in [-0.39, 0.29) is 5.56 Å². The van der Waals surface area contributed by atoms with E-state index in [0.29, 0.717) is 34.3 Å². The molecule has 23 heavy (non-hydrogen) atoms. The number of halogens is 1. The Balaban J connectivity index is 1.65. The lowest BCUT2D eigenvalue weighted by atomic mass is 10.1. The van der Waals surface area contributed by atoms with Gasteiger partial charge in [0.2, 0.25) is 0 Å². The van der Waals surface area contributed by atoms with Gasteiger partial charge in [0.15, 0.2) is 0 Å². The zero-order valence-corrected chi connectivity index (χ0v) is 14.0. The van der Waals surface area contributed by atoms with Gasteiger partial charge in [0.05, 0.1) is 17.4 Å². The van der Waals surface area contributed by atoms with Crippen LogP contribution in [-0.2, 0) is 6.54 Å². The van der Waals surface area contributed by atoms with Crippen molar-refractivity contribution in [2.75, 3.05) is 6.54 Å². The molecule has 0 amide bonds. The van der Waals surface area contributed by atoms with E-state index in [1.54, 1.807) is 29.5 Å². The summed E-state index contributed by atoms with van der Waals surface area (Å²) in [5, 5.41) is 5.42. The van der Waals surface area contributed by atoms with Gasteiger partial charge in [-0.05, 0) is 60.0 Å². The van der Waals surface area contributed by atoms with Gasteiger partial charge in [-0.25, -0.2) is 4.98 Å². The van der Waals surface area contributed by atoms with Crippen LogP contribution < -0.4 is 5.56 Å². The summed E-state index contributed by atoms with van der Waals surface area (Å²) in [5.41, 5.74) is 1.93. The van der Waals surface area contributed by atoms with Gasteiger partial charge in [0.1, 0.15) is 5.82 Å². The van der Waals surface area contributed by atoms with E-state index in [2.05, 4.69) is 31.7 Å². The van der Waals surface area contributed by atoms with E-state index < -0.39 is 0 Å². The number of hydrogen-bond donors (Lipinski definition) is 1. The summed E-state index contributed by atoms with van der Waals surface area (Å²) in [6.07, 6.45) is 2.33. The van der Waals surface area contributed by atoms with Crippen molar-refractivity contribution in [1.29, 1.82) is 0 Å². The van der Waals surface area contributed by atoms with Crippen LogP contribution in [0.15, 0.2) is 39.8 Å². The van der Waals surface area contributed by atoms with Gasteiger partial charge in [0, 0.05) is 11.1 Å². The van der Waals surface area contributed by atoms with Crippen molar-refractivity contribution in [3.8, 4) is 0 Å². The van der Waals surface area contributed by atoms with Gasteiger partial charge in [-0.1, -0.05) is 11.6 Å². The summed E-state index contributed by atoms with van der Waals surface area (Å²) in [6, 6.07) is 7.84. The predicted molar refractivity (Wildman–Crippen MR) is 94.1 cm³/mol. The lowest BCUT2D eigenvalue weighted by molar-refractivity contribution is 0.243. The molecule has 4 nitrogen and oxygen atoms in total. The zero-order valence-electron chi connectivity index (χ0n) is 12.5. The van der Waals surface area contributed by atoms with Crippen molar-refractivity contribution in [3.63, 3.8) is 0 Å². The number of thiophene rings is 1. The van der Waals surface area contributed by atoms with Gasteiger partial charge in [-0.15, -0.1) is 0 Å². The highest BCUT2D eigenvalue weighted by Gasteiger charge is 2.26. The number of rotatable bonds is 3. The SMILES string of the molecule is O=c1[nH]c(CN2CCC[C@@H]2c2ccsc2)nc2ccc(Cl)cc12. The molecule has 1 N–H and O–H groups in total. The fourth-order valence-corrected chi connectivity index (χ4v) is 4.16. The molecule has 0 unspecified atom stereocenters. The standard InChI is InChI=1S/C17H16ClN3OS/c18-12-3-4-14-13(8-12)17(22)20-16(19-14)9-21-6-1-2-15(21)11-5-7-23-10-11/h3-5,7-8,10,15H,1-2,6,9H2,(H,19,20,22)/t15-/m1/s1. The van der Waals surface area contributed by atoms with Crippen LogP contribution in [0.5, 0.6) is 0 Å². The maximum absolute atomic E-state index is 12.3. The third-order valence-electron chi connectivity index (χ3n) is 4.36. The number of fused-ring (bicyclic) bond motifs is 1. The summed E-state index contributed by atoms with van der Waals surface area (Å²) in [6.45, 7) is 1.69. The first-order valence-corrected chi connectivity index (χ1v) is 8.97. The van der Waals surface area contributed by atoms with E-state index in [1.807, 2.05) is 0 Å². The summed E-state index contributed by atoms with van der Waals surface area (Å²) >= 11 is 7.68. The number of hydrogen-bond acceptors (Lipinski definition) is 4. The second-order valence-electron chi connectivity index (χ2n) is 5.86. The molecule has 118 valence electrons. The minimum atomic E-state index is -0.126. The smallest absolute Gasteiger partial charge is 0.258 e. The Morgan fingerprint density at radius 1 is 1.39 bits per heavy atom. The van der Waals surface area contributed by atoms with Crippen molar-refractivity contribution in [3.05, 3.63) is 61.8 Å². The lowest BCUT2D eigenvalue weighted by Crippen LogP contribution is -2.25. The number of likely N-dealkylation sites (tertiary alicyclic amines) is 1. The normalized spacial score (nSPS) is 18.7. The highest BCUT2D eigenvalue weighted by molar-refractivity contribution is 7.07. The van der Waals surface area contributed by atoms with Crippen LogP contribution in [0.1, 0.15) is 30.3 Å². The molecule has 1 saturated heterocycles. The fraction of sp³-hybridized carbons (Fsp3) is 0.294. The van der Waals surface area contributed by atoms with E-state index in [1.165, 1.54) is 12.0 Å². The third-order valence-corrected chi connectivity index (χ3v) is 5.30. The molecule has 6 heteroatoms. The number of benzene rings is 1. The molecular formula is C17H16ClN3OS. The molecule has 1 aliphatic rings. The molecule has 1 aromatic carbocycles. The quantitative estimate of drug-likeness (QED) is 0.781. The van der Waals surface area contributed by atoms with Crippen LogP contribution in [0.4, 0.5) is 0 Å². The molecule has 0 saturated carbocycles. The summed E-state index contributed by atoms with van der Waals surface area (Å²) in [7, 11) is 0. The first-order valence-electron chi connectivity index (χ1n) is 7.65. The maximum atomic E-state index is 12.3. The Morgan fingerprint density at radius 2 is 2.30 bits per heavy atom. The van der Waals surface area contributed by atoms with E-state index >= 15 is 0 Å². The number of aromatic amines is 1. The molecule has 0 radical (unpaired) electrons. The maximum Gasteiger partial charge on any atom is 0.258 e. The molecule has 3 aromatic rings. The molecule has 3 heterocycles. The summed E-state index contributed by atoms with van der Waals surface area (Å²) in [4.78, 5) is 22.2. The zero-order chi connectivity index (χ0) is 15.8. The largest absolute Gasteiger partial charge is 0.309 e. The molecule has 0 aliphatic carbocycles. The van der Waals surface area contributed by atoms with Crippen molar-refractivity contribution >= 4 is 33.8 Å². The van der Waals surface area contributed by atoms with Crippen LogP contribution in [0, 0.1) is 0 Å². The molecule has 0 bridgehead atoms. The number of nitrogens with zero attached hydrogens (tertiary/aromatic N) is 2. The van der Waals surface area contributed by atoms with Crippen molar-refractivity contribution in [1.82, 2.24) is 14.9 Å². The second-order valence-corrected chi connectivity index (χ2v) is 7.08. The van der Waals surface area contributed by atoms with Crippen LogP contribution in [-0.4, -0.2) is 21.4 Å². The average molecular weight is 346 g/mol. The van der Waals surface area contributed by atoms with Crippen LogP contribution in [0.2, 0.25) is 5.02 Å². The Labute approximate surface area is 142 Å². The molecule has 1 fully saturated rings. The van der Waals surface area contributed by atoms with Gasteiger partial charge < -0.3 is 4.98 Å². The van der Waals surface area contributed by atoms with Crippen molar-refractivity contribution in [2.45, 2.75) is 25.4 Å². The minimum Gasteiger partial charge on any atom is -0.309 e. The summed E-state index contributed by atoms with van der Waals surface area (Å²) in [5.74, 6) is 0.715. The van der Waals surface area contributed by atoms with E-state index in [9.17, 15) is 4.79 Å². The van der Waals surface area contributed by atoms with Gasteiger partial charge >= 0.3 is 0 Å². The van der Waals surface area contributed by atoms with Gasteiger partial charge in [0.25, 0.3) is 5.56 Å². The minimum absolute atomic E-state index is 0.126. The molecule has 4 rings (SSSR count). The first-order chi connectivity index (χ1) is 11.2. The van der Waals surface area contributed by atoms with Crippen LogP contribution in [0.3, 0.4) is 0 Å². The topological polar surface area (TPSA) is 49.0 Å². The Kier molecular flexibility index (Phi) is 3.93. The van der Waals surface area contributed by atoms with Gasteiger partial charge in [-0.3, -0.25) is 9.69 Å². The number of aromatic nitrogens is 2. The molecule has 1 aliphatic heterocycles. The first kappa shape index (κ1) is 14.9. The highest BCUT2D eigenvalue weighted by atomic mass is 35.5. The average Bonchev–Trinajstić information content (AvgIpc) is 3.19. The lowest BCUT2D eigenvalue weighted by Gasteiger charge is -2.23. The highest BCUT2D eigenvalue weighted by Crippen LogP contribution is 2.33. The van der Waals surface area contributed by atoms with Crippen molar-refractivity contribution in [2.24, 2.45) is 0 Å². The number of H-pyrrole nitrogens is 1.